The maximum atomic E-state index is 11.2. The molecule has 100 valence electrons. The predicted molar refractivity (Wildman–Crippen MR) is 81.5 cm³/mol. The minimum atomic E-state index is -0.0875. The van der Waals surface area contributed by atoms with Crippen molar-refractivity contribution in [3.63, 3.8) is 0 Å². The summed E-state index contributed by atoms with van der Waals surface area (Å²) < 4.78 is 0. The van der Waals surface area contributed by atoms with Crippen LogP contribution in [0.3, 0.4) is 0 Å². The molecule has 1 N–H and O–H groups in total. The van der Waals surface area contributed by atoms with Crippen LogP contribution in [0, 0.1) is 11.3 Å². The van der Waals surface area contributed by atoms with Crippen molar-refractivity contribution in [2.24, 2.45) is 0 Å². The van der Waals surface area contributed by atoms with E-state index in [0.29, 0.717) is 11.3 Å². The summed E-state index contributed by atoms with van der Waals surface area (Å²) in [7, 11) is 0. The maximum Gasteiger partial charge on any atom is 0.221 e. The molecule has 4 heteroatoms. The molecule has 0 atom stereocenters. The monoisotopic (exact) mass is 282 g/mol. The zero-order valence-corrected chi connectivity index (χ0v) is 11.9. The number of hydrogen-bond acceptors (Lipinski definition) is 3. The second-order valence-electron chi connectivity index (χ2n) is 4.23. The molecule has 0 aliphatic carbocycles. The Balaban J connectivity index is 2.15. The maximum absolute atomic E-state index is 11.2. The molecular weight excluding hydrogens is 268 g/mol. The third-order valence-electron chi connectivity index (χ3n) is 2.72. The number of benzene rings is 2. The smallest absolute Gasteiger partial charge is 0.221 e. The van der Waals surface area contributed by atoms with Crippen molar-refractivity contribution < 1.29 is 4.79 Å². The van der Waals surface area contributed by atoms with E-state index >= 15 is 0 Å². The van der Waals surface area contributed by atoms with Crippen LogP contribution in [-0.4, -0.2) is 5.91 Å². The molecule has 3 nitrogen and oxygen atoms in total. The van der Waals surface area contributed by atoms with Crippen molar-refractivity contribution in [1.82, 2.24) is 0 Å². The summed E-state index contributed by atoms with van der Waals surface area (Å²) in [5.41, 5.74) is 2.49. The van der Waals surface area contributed by atoms with Crippen LogP contribution in [0.2, 0.25) is 0 Å². The van der Waals surface area contributed by atoms with E-state index in [0.717, 1.165) is 16.1 Å². The van der Waals surface area contributed by atoms with Crippen LogP contribution in [0.1, 0.15) is 18.1 Å². The van der Waals surface area contributed by atoms with Gasteiger partial charge in [0.25, 0.3) is 0 Å². The van der Waals surface area contributed by atoms with Gasteiger partial charge in [-0.3, -0.25) is 4.79 Å². The Morgan fingerprint density at radius 3 is 2.65 bits per heavy atom. The molecule has 0 aliphatic rings. The number of para-hydroxylation sites is 1. The van der Waals surface area contributed by atoms with E-state index in [1.165, 1.54) is 6.92 Å². The predicted octanol–water partition coefficient (Wildman–Crippen LogP) is 3.81. The first kappa shape index (κ1) is 14.2. The highest BCUT2D eigenvalue weighted by atomic mass is 32.2. The van der Waals surface area contributed by atoms with Crippen LogP contribution < -0.4 is 5.32 Å². The fraction of sp³-hybridized carbons (Fsp3) is 0.125. The molecular formula is C16H14N2OS. The Kier molecular flexibility index (Phi) is 4.80. The molecule has 20 heavy (non-hydrogen) atoms. The number of nitriles is 1. The molecule has 2 aromatic rings. The van der Waals surface area contributed by atoms with Crippen LogP contribution in [0.15, 0.2) is 53.4 Å². The van der Waals surface area contributed by atoms with Crippen LogP contribution in [0.25, 0.3) is 0 Å². The zero-order chi connectivity index (χ0) is 14.4. The molecule has 1 amide bonds. The van der Waals surface area contributed by atoms with Gasteiger partial charge in [0.15, 0.2) is 0 Å². The zero-order valence-electron chi connectivity index (χ0n) is 11.1. The van der Waals surface area contributed by atoms with Gasteiger partial charge < -0.3 is 5.32 Å². The second kappa shape index (κ2) is 6.78. The SMILES string of the molecule is CC(=O)Nc1ccccc1SCc1ccccc1C#N. The quantitative estimate of drug-likeness (QED) is 0.868. The standard InChI is InChI=1S/C16H14N2OS/c1-12(19)18-15-8-4-5-9-16(15)20-11-14-7-3-2-6-13(14)10-17/h2-9H,11H2,1H3,(H,18,19). The van der Waals surface area contributed by atoms with E-state index in [-0.39, 0.29) is 5.91 Å². The van der Waals surface area contributed by atoms with Crippen LogP contribution in [0.5, 0.6) is 0 Å². The Morgan fingerprint density at radius 1 is 1.20 bits per heavy atom. The van der Waals surface area contributed by atoms with E-state index in [2.05, 4.69) is 11.4 Å². The van der Waals surface area contributed by atoms with Crippen LogP contribution >= 0.6 is 11.8 Å². The van der Waals surface area contributed by atoms with Crippen molar-refractivity contribution in [2.75, 3.05) is 5.32 Å². The van der Waals surface area contributed by atoms with E-state index < -0.39 is 0 Å². The summed E-state index contributed by atoms with van der Waals surface area (Å²) in [5, 5.41) is 11.9. The molecule has 0 spiro atoms. The lowest BCUT2D eigenvalue weighted by atomic mass is 10.1. The Labute approximate surface area is 122 Å². The number of thioether (sulfide) groups is 1. The lowest BCUT2D eigenvalue weighted by Gasteiger charge is -2.09. The molecule has 0 aromatic heterocycles. The average molecular weight is 282 g/mol. The third kappa shape index (κ3) is 3.62. The summed E-state index contributed by atoms with van der Waals surface area (Å²) in [6.45, 7) is 1.49. The summed E-state index contributed by atoms with van der Waals surface area (Å²) in [4.78, 5) is 12.2. The number of anilines is 1. The molecule has 0 heterocycles. The molecule has 0 saturated carbocycles. The first-order valence-corrected chi connectivity index (χ1v) is 7.16. The van der Waals surface area contributed by atoms with Gasteiger partial charge in [-0.25, -0.2) is 0 Å². The van der Waals surface area contributed by atoms with Gasteiger partial charge in [0, 0.05) is 17.6 Å². The fourth-order valence-corrected chi connectivity index (χ4v) is 2.81. The highest BCUT2D eigenvalue weighted by Crippen LogP contribution is 2.30. The first-order valence-electron chi connectivity index (χ1n) is 6.18. The van der Waals surface area contributed by atoms with Crippen LogP contribution in [-0.2, 0) is 10.5 Å². The highest BCUT2D eigenvalue weighted by Gasteiger charge is 2.06. The van der Waals surface area contributed by atoms with E-state index in [1.54, 1.807) is 11.8 Å². The highest BCUT2D eigenvalue weighted by molar-refractivity contribution is 7.98. The van der Waals surface area contributed by atoms with Gasteiger partial charge in [0.05, 0.1) is 17.3 Å². The van der Waals surface area contributed by atoms with Gasteiger partial charge in [-0.1, -0.05) is 30.3 Å². The van der Waals surface area contributed by atoms with Gasteiger partial charge in [0.2, 0.25) is 5.91 Å². The van der Waals surface area contributed by atoms with Gasteiger partial charge in [-0.15, -0.1) is 11.8 Å². The molecule has 0 fully saturated rings. The summed E-state index contributed by atoms with van der Waals surface area (Å²) in [5.74, 6) is 0.607. The molecule has 0 saturated heterocycles. The molecule has 0 bridgehead atoms. The normalized spacial score (nSPS) is 9.80. The third-order valence-corrected chi connectivity index (χ3v) is 3.84. The van der Waals surface area contributed by atoms with Gasteiger partial charge >= 0.3 is 0 Å². The number of rotatable bonds is 4. The van der Waals surface area contributed by atoms with Gasteiger partial charge in [0.1, 0.15) is 0 Å². The van der Waals surface area contributed by atoms with E-state index in [9.17, 15) is 4.79 Å². The largest absolute Gasteiger partial charge is 0.325 e. The number of carbonyl (C=O) groups is 1. The van der Waals surface area contributed by atoms with E-state index in [4.69, 9.17) is 5.26 Å². The number of hydrogen-bond donors (Lipinski definition) is 1. The van der Waals surface area contributed by atoms with Crippen molar-refractivity contribution in [2.45, 2.75) is 17.6 Å². The van der Waals surface area contributed by atoms with Crippen molar-refractivity contribution >= 4 is 23.4 Å². The minimum absolute atomic E-state index is 0.0875. The van der Waals surface area contributed by atoms with Crippen molar-refractivity contribution in [3.05, 3.63) is 59.7 Å². The van der Waals surface area contributed by atoms with Crippen molar-refractivity contribution in [3.8, 4) is 6.07 Å². The number of amides is 1. The van der Waals surface area contributed by atoms with Crippen molar-refractivity contribution in [1.29, 1.82) is 5.26 Å². The molecule has 0 unspecified atom stereocenters. The van der Waals surface area contributed by atoms with E-state index in [1.807, 2.05) is 48.5 Å². The van der Waals surface area contributed by atoms with Gasteiger partial charge in [-0.05, 0) is 23.8 Å². The average Bonchev–Trinajstić information content (AvgIpc) is 2.46. The lowest BCUT2D eigenvalue weighted by Crippen LogP contribution is -2.06. The number of nitrogens with zero attached hydrogens (tertiary/aromatic N) is 1. The molecule has 0 aliphatic heterocycles. The van der Waals surface area contributed by atoms with Crippen LogP contribution in [0.4, 0.5) is 5.69 Å². The molecule has 2 aromatic carbocycles. The second-order valence-corrected chi connectivity index (χ2v) is 5.25. The number of carbonyl (C=O) groups excluding carboxylic acids is 1. The number of nitrogens with one attached hydrogen (secondary N) is 1. The summed E-state index contributed by atoms with van der Waals surface area (Å²) in [6, 6.07) is 17.4. The fourth-order valence-electron chi connectivity index (χ4n) is 1.80. The topological polar surface area (TPSA) is 52.9 Å². The first-order chi connectivity index (χ1) is 9.70. The summed E-state index contributed by atoms with van der Waals surface area (Å²) >= 11 is 1.61. The minimum Gasteiger partial charge on any atom is -0.325 e. The lowest BCUT2D eigenvalue weighted by molar-refractivity contribution is -0.114. The Morgan fingerprint density at radius 2 is 1.90 bits per heavy atom. The molecule has 0 radical (unpaired) electrons. The summed E-state index contributed by atoms with van der Waals surface area (Å²) in [6.07, 6.45) is 0. The molecule has 2 rings (SSSR count). The Bertz CT molecular complexity index is 662. The Hall–Kier alpha value is -2.25. The van der Waals surface area contributed by atoms with Gasteiger partial charge in [-0.2, -0.15) is 5.26 Å².